The van der Waals surface area contributed by atoms with E-state index in [1.54, 1.807) is 37.3 Å². The van der Waals surface area contributed by atoms with E-state index < -0.39 is 16.1 Å². The summed E-state index contributed by atoms with van der Waals surface area (Å²) in [5, 5.41) is 2.67. The zero-order chi connectivity index (χ0) is 20.3. The van der Waals surface area contributed by atoms with E-state index in [1.807, 2.05) is 6.07 Å². The standard InChI is InChI=1S/C19H21N3O5S/c1-13-19(24)22(16-8-3-4-9-17(16)27-13)11-10-18(23)21-14-6-5-7-15(12-14)28(25,26)20-2/h3-9,12-13,20H,10-11H2,1-2H3,(H,21,23). The van der Waals surface area contributed by atoms with E-state index in [-0.39, 0.29) is 29.7 Å². The predicted molar refractivity (Wildman–Crippen MR) is 105 cm³/mol. The third-order valence-electron chi connectivity index (χ3n) is 4.33. The number of nitrogens with one attached hydrogen (secondary N) is 2. The number of rotatable bonds is 6. The number of nitrogens with zero attached hydrogens (tertiary/aromatic N) is 1. The number of anilines is 2. The molecule has 1 aliphatic rings. The SMILES string of the molecule is CNS(=O)(=O)c1cccc(NC(=O)CCN2C(=O)C(C)Oc3ccccc32)c1. The number of hydrogen-bond donors (Lipinski definition) is 2. The highest BCUT2D eigenvalue weighted by molar-refractivity contribution is 7.89. The molecule has 0 saturated heterocycles. The van der Waals surface area contributed by atoms with Gasteiger partial charge in [0.15, 0.2) is 6.10 Å². The van der Waals surface area contributed by atoms with Crippen molar-refractivity contribution in [3.05, 3.63) is 48.5 Å². The Labute approximate surface area is 163 Å². The van der Waals surface area contributed by atoms with Crippen LogP contribution in [0.25, 0.3) is 0 Å². The number of carbonyl (C=O) groups excluding carboxylic acids is 2. The lowest BCUT2D eigenvalue weighted by molar-refractivity contribution is -0.125. The maximum absolute atomic E-state index is 12.4. The van der Waals surface area contributed by atoms with Crippen molar-refractivity contribution in [2.75, 3.05) is 23.8 Å². The molecule has 9 heteroatoms. The van der Waals surface area contributed by atoms with Crippen LogP contribution in [0.1, 0.15) is 13.3 Å². The smallest absolute Gasteiger partial charge is 0.267 e. The minimum atomic E-state index is -3.60. The van der Waals surface area contributed by atoms with Crippen molar-refractivity contribution in [3.8, 4) is 5.75 Å². The fourth-order valence-electron chi connectivity index (χ4n) is 2.89. The molecule has 3 rings (SSSR count). The average molecular weight is 403 g/mol. The van der Waals surface area contributed by atoms with Gasteiger partial charge in [0, 0.05) is 18.7 Å². The van der Waals surface area contributed by atoms with Gasteiger partial charge in [0.25, 0.3) is 5.91 Å². The zero-order valence-electron chi connectivity index (χ0n) is 15.5. The number of ether oxygens (including phenoxy) is 1. The summed E-state index contributed by atoms with van der Waals surface area (Å²) in [5.41, 5.74) is 0.990. The first kappa shape index (κ1) is 19.8. The molecule has 0 spiro atoms. The van der Waals surface area contributed by atoms with E-state index in [4.69, 9.17) is 4.74 Å². The Balaban J connectivity index is 1.68. The van der Waals surface area contributed by atoms with Crippen molar-refractivity contribution >= 4 is 33.2 Å². The van der Waals surface area contributed by atoms with Crippen LogP contribution in [0.2, 0.25) is 0 Å². The summed E-state index contributed by atoms with van der Waals surface area (Å²) in [7, 11) is -2.28. The molecule has 1 atom stereocenters. The van der Waals surface area contributed by atoms with Crippen molar-refractivity contribution in [1.29, 1.82) is 0 Å². The summed E-state index contributed by atoms with van der Waals surface area (Å²) in [6.45, 7) is 1.85. The third-order valence-corrected chi connectivity index (χ3v) is 5.74. The molecule has 2 aromatic carbocycles. The monoisotopic (exact) mass is 403 g/mol. The van der Waals surface area contributed by atoms with Crippen molar-refractivity contribution < 1.29 is 22.7 Å². The molecule has 0 radical (unpaired) electrons. The minimum Gasteiger partial charge on any atom is -0.479 e. The van der Waals surface area contributed by atoms with Crippen LogP contribution >= 0.6 is 0 Å². The van der Waals surface area contributed by atoms with Crippen molar-refractivity contribution in [3.63, 3.8) is 0 Å². The fourth-order valence-corrected chi connectivity index (χ4v) is 3.66. The number of para-hydroxylation sites is 2. The highest BCUT2D eigenvalue weighted by Gasteiger charge is 2.31. The Morgan fingerprint density at radius 2 is 1.93 bits per heavy atom. The summed E-state index contributed by atoms with van der Waals surface area (Å²) in [6, 6.07) is 13.1. The summed E-state index contributed by atoms with van der Waals surface area (Å²) in [6.07, 6.45) is -0.572. The van der Waals surface area contributed by atoms with E-state index >= 15 is 0 Å². The lowest BCUT2D eigenvalue weighted by Crippen LogP contribution is -2.45. The van der Waals surface area contributed by atoms with Gasteiger partial charge in [-0.2, -0.15) is 0 Å². The molecule has 0 saturated carbocycles. The van der Waals surface area contributed by atoms with Crippen LogP contribution in [0.5, 0.6) is 5.75 Å². The van der Waals surface area contributed by atoms with Crippen LogP contribution in [0.15, 0.2) is 53.4 Å². The normalized spacial score (nSPS) is 16.3. The van der Waals surface area contributed by atoms with Gasteiger partial charge in [-0.3, -0.25) is 9.59 Å². The molecule has 1 unspecified atom stereocenters. The van der Waals surface area contributed by atoms with Gasteiger partial charge in [-0.05, 0) is 44.3 Å². The van der Waals surface area contributed by atoms with Gasteiger partial charge in [-0.1, -0.05) is 18.2 Å². The molecular formula is C19H21N3O5S. The van der Waals surface area contributed by atoms with Gasteiger partial charge >= 0.3 is 0 Å². The Bertz CT molecular complexity index is 1010. The molecule has 1 heterocycles. The van der Waals surface area contributed by atoms with Gasteiger partial charge in [-0.15, -0.1) is 0 Å². The van der Waals surface area contributed by atoms with Gasteiger partial charge < -0.3 is 15.0 Å². The van der Waals surface area contributed by atoms with Crippen LogP contribution in [-0.4, -0.2) is 39.9 Å². The maximum Gasteiger partial charge on any atom is 0.267 e. The second-order valence-corrected chi connectivity index (χ2v) is 8.14. The lowest BCUT2D eigenvalue weighted by atomic mass is 10.1. The largest absolute Gasteiger partial charge is 0.479 e. The first-order chi connectivity index (χ1) is 13.3. The molecule has 0 aliphatic carbocycles. The summed E-state index contributed by atoms with van der Waals surface area (Å²) >= 11 is 0. The molecule has 2 N–H and O–H groups in total. The number of fused-ring (bicyclic) bond motifs is 1. The second kappa shape index (κ2) is 7.99. The summed E-state index contributed by atoms with van der Waals surface area (Å²) in [4.78, 5) is 26.4. The molecule has 0 bridgehead atoms. The predicted octanol–water partition coefficient (Wildman–Crippen LogP) is 1.74. The van der Waals surface area contributed by atoms with Crippen molar-refractivity contribution in [2.24, 2.45) is 0 Å². The number of hydrogen-bond acceptors (Lipinski definition) is 5. The van der Waals surface area contributed by atoms with Gasteiger partial charge in [0.05, 0.1) is 10.6 Å². The molecule has 0 aromatic heterocycles. The Kier molecular flexibility index (Phi) is 5.66. The topological polar surface area (TPSA) is 105 Å². The quantitative estimate of drug-likeness (QED) is 0.764. The zero-order valence-corrected chi connectivity index (χ0v) is 16.3. The van der Waals surface area contributed by atoms with Crippen LogP contribution in [-0.2, 0) is 19.6 Å². The molecule has 2 aromatic rings. The van der Waals surface area contributed by atoms with E-state index in [0.29, 0.717) is 17.1 Å². The van der Waals surface area contributed by atoms with Crippen LogP contribution < -0.4 is 19.7 Å². The van der Waals surface area contributed by atoms with Crippen molar-refractivity contribution in [1.82, 2.24) is 4.72 Å². The van der Waals surface area contributed by atoms with E-state index in [1.165, 1.54) is 24.1 Å². The highest BCUT2D eigenvalue weighted by atomic mass is 32.2. The van der Waals surface area contributed by atoms with Gasteiger partial charge in [0.1, 0.15) is 5.75 Å². The summed E-state index contributed by atoms with van der Waals surface area (Å²) in [5.74, 6) is 0.0528. The Hall–Kier alpha value is -2.91. The van der Waals surface area contributed by atoms with E-state index in [9.17, 15) is 18.0 Å². The average Bonchev–Trinajstić information content (AvgIpc) is 2.68. The van der Waals surface area contributed by atoms with Crippen LogP contribution in [0, 0.1) is 0 Å². The third kappa shape index (κ3) is 4.15. The van der Waals surface area contributed by atoms with Crippen molar-refractivity contribution in [2.45, 2.75) is 24.3 Å². The summed E-state index contributed by atoms with van der Waals surface area (Å²) < 4.78 is 31.6. The lowest BCUT2D eigenvalue weighted by Gasteiger charge is -2.32. The first-order valence-corrected chi connectivity index (χ1v) is 10.2. The number of benzene rings is 2. The molecular weight excluding hydrogens is 382 g/mol. The molecule has 148 valence electrons. The Morgan fingerprint density at radius 3 is 2.68 bits per heavy atom. The molecule has 28 heavy (non-hydrogen) atoms. The number of carbonyl (C=O) groups is 2. The fraction of sp³-hybridized carbons (Fsp3) is 0.263. The highest BCUT2D eigenvalue weighted by Crippen LogP contribution is 2.33. The van der Waals surface area contributed by atoms with Crippen LogP contribution in [0.3, 0.4) is 0 Å². The molecule has 8 nitrogen and oxygen atoms in total. The van der Waals surface area contributed by atoms with Gasteiger partial charge in [0.2, 0.25) is 15.9 Å². The molecule has 0 fully saturated rings. The van der Waals surface area contributed by atoms with Gasteiger partial charge in [-0.25, -0.2) is 13.1 Å². The minimum absolute atomic E-state index is 0.0514. The van der Waals surface area contributed by atoms with E-state index in [2.05, 4.69) is 10.0 Å². The number of amides is 2. The van der Waals surface area contributed by atoms with E-state index in [0.717, 1.165) is 0 Å². The molecule has 1 aliphatic heterocycles. The Morgan fingerprint density at radius 1 is 1.18 bits per heavy atom. The number of sulfonamides is 1. The molecule has 2 amide bonds. The second-order valence-electron chi connectivity index (χ2n) is 6.25. The van der Waals surface area contributed by atoms with Crippen LogP contribution in [0.4, 0.5) is 11.4 Å². The first-order valence-electron chi connectivity index (χ1n) is 8.72. The maximum atomic E-state index is 12.4.